The molecule has 0 radical (unpaired) electrons. The summed E-state index contributed by atoms with van der Waals surface area (Å²) in [5, 5.41) is 13.0. The Morgan fingerprint density at radius 1 is 1.24 bits per heavy atom. The number of aromatic amines is 1. The summed E-state index contributed by atoms with van der Waals surface area (Å²) >= 11 is 5.92. The molecule has 1 heterocycles. The van der Waals surface area contributed by atoms with Gasteiger partial charge in [-0.3, -0.25) is 0 Å². The van der Waals surface area contributed by atoms with Gasteiger partial charge in [-0.2, -0.15) is 5.26 Å². The van der Waals surface area contributed by atoms with E-state index in [-0.39, 0.29) is 0 Å². The predicted molar refractivity (Wildman–Crippen MR) is 84.8 cm³/mol. The number of hydrogen-bond donors (Lipinski definition) is 2. The van der Waals surface area contributed by atoms with Crippen molar-refractivity contribution in [3.63, 3.8) is 0 Å². The average Bonchev–Trinajstić information content (AvgIpc) is 2.91. The Morgan fingerprint density at radius 2 is 2.10 bits per heavy atom. The molecular weight excluding hydrogens is 284 g/mol. The lowest BCUT2D eigenvalue weighted by molar-refractivity contribution is 1.27. The third-order valence-electron chi connectivity index (χ3n) is 2.97. The van der Waals surface area contributed by atoms with Crippen LogP contribution in [0.1, 0.15) is 5.82 Å². The highest BCUT2D eigenvalue weighted by molar-refractivity contribution is 6.30. The number of halogens is 1. The van der Waals surface area contributed by atoms with E-state index in [4.69, 9.17) is 11.6 Å². The van der Waals surface area contributed by atoms with Crippen molar-refractivity contribution in [2.45, 2.75) is 0 Å². The number of hydrogen-bond acceptors (Lipinski definition) is 3. The summed E-state index contributed by atoms with van der Waals surface area (Å²) in [7, 11) is 0. The number of fused-ring (bicyclic) bond motifs is 1. The summed E-state index contributed by atoms with van der Waals surface area (Å²) < 4.78 is 0. The highest BCUT2D eigenvalue weighted by Crippen LogP contribution is 2.18. The normalized spacial score (nSPS) is 11.3. The van der Waals surface area contributed by atoms with Crippen molar-refractivity contribution in [3.05, 3.63) is 65.6 Å². The van der Waals surface area contributed by atoms with Gasteiger partial charge in [0.2, 0.25) is 0 Å². The maximum absolute atomic E-state index is 9.29. The minimum Gasteiger partial charge on any atom is -0.360 e. The van der Waals surface area contributed by atoms with Gasteiger partial charge in [0.25, 0.3) is 0 Å². The lowest BCUT2D eigenvalue weighted by Crippen LogP contribution is -1.92. The molecule has 0 atom stereocenters. The summed E-state index contributed by atoms with van der Waals surface area (Å²) in [5.74, 6) is 0.535. The Labute approximate surface area is 126 Å². The van der Waals surface area contributed by atoms with Crippen molar-refractivity contribution in [1.82, 2.24) is 9.97 Å². The Hall–Kier alpha value is -2.77. The van der Waals surface area contributed by atoms with Gasteiger partial charge in [0, 0.05) is 16.9 Å². The minimum absolute atomic E-state index is 0.422. The molecule has 3 rings (SSSR count). The van der Waals surface area contributed by atoms with Crippen molar-refractivity contribution in [1.29, 1.82) is 5.26 Å². The van der Waals surface area contributed by atoms with Gasteiger partial charge in [0.05, 0.1) is 11.0 Å². The van der Waals surface area contributed by atoms with E-state index in [9.17, 15) is 5.26 Å². The van der Waals surface area contributed by atoms with E-state index in [2.05, 4.69) is 21.4 Å². The first kappa shape index (κ1) is 13.2. The quantitative estimate of drug-likeness (QED) is 0.712. The molecule has 0 spiro atoms. The average molecular weight is 295 g/mol. The molecule has 0 fully saturated rings. The molecule has 0 unspecified atom stereocenters. The molecule has 21 heavy (non-hydrogen) atoms. The van der Waals surface area contributed by atoms with Crippen LogP contribution in [0.3, 0.4) is 0 Å². The zero-order chi connectivity index (χ0) is 14.7. The van der Waals surface area contributed by atoms with Crippen LogP contribution in [-0.4, -0.2) is 9.97 Å². The fourth-order valence-electron chi connectivity index (χ4n) is 1.97. The largest absolute Gasteiger partial charge is 0.360 e. The van der Waals surface area contributed by atoms with Gasteiger partial charge in [0.15, 0.2) is 5.82 Å². The molecule has 0 aliphatic heterocycles. The Kier molecular flexibility index (Phi) is 3.59. The maximum Gasteiger partial charge on any atom is 0.150 e. The zero-order valence-corrected chi connectivity index (χ0v) is 11.7. The van der Waals surface area contributed by atoms with Crippen LogP contribution < -0.4 is 5.32 Å². The molecule has 1 aromatic heterocycles. The van der Waals surface area contributed by atoms with E-state index in [0.29, 0.717) is 16.4 Å². The van der Waals surface area contributed by atoms with Crippen molar-refractivity contribution in [3.8, 4) is 6.07 Å². The van der Waals surface area contributed by atoms with Crippen LogP contribution in [0.25, 0.3) is 16.6 Å². The van der Waals surface area contributed by atoms with E-state index < -0.39 is 0 Å². The SMILES string of the molecule is N#C/C(=C/Nc1cccc(Cl)c1)c1nc2ccccc2[nH]1. The number of H-pyrrole nitrogens is 1. The van der Waals surface area contributed by atoms with E-state index in [1.165, 1.54) is 0 Å². The molecule has 0 bridgehead atoms. The lowest BCUT2D eigenvalue weighted by Gasteiger charge is -2.01. The van der Waals surface area contributed by atoms with Crippen LogP contribution in [0.4, 0.5) is 5.69 Å². The summed E-state index contributed by atoms with van der Waals surface area (Å²) in [6.07, 6.45) is 1.61. The van der Waals surface area contributed by atoms with E-state index in [1.54, 1.807) is 18.3 Å². The maximum atomic E-state index is 9.29. The number of allylic oxidation sites excluding steroid dienone is 1. The van der Waals surface area contributed by atoms with Gasteiger partial charge in [-0.1, -0.05) is 29.8 Å². The molecule has 5 heteroatoms. The highest BCUT2D eigenvalue weighted by Gasteiger charge is 2.07. The van der Waals surface area contributed by atoms with E-state index in [1.807, 2.05) is 36.4 Å². The molecule has 0 aliphatic rings. The Morgan fingerprint density at radius 3 is 2.86 bits per heavy atom. The van der Waals surface area contributed by atoms with Crippen LogP contribution in [-0.2, 0) is 0 Å². The molecule has 3 aromatic rings. The molecule has 0 aliphatic carbocycles. The van der Waals surface area contributed by atoms with Gasteiger partial charge in [0.1, 0.15) is 11.6 Å². The summed E-state index contributed by atoms with van der Waals surface area (Å²) in [6, 6.07) is 17.1. The number of aromatic nitrogens is 2. The Bertz CT molecular complexity index is 825. The number of imidazole rings is 1. The number of anilines is 1. The number of nitrogens with one attached hydrogen (secondary N) is 2. The van der Waals surface area contributed by atoms with Gasteiger partial charge in [-0.05, 0) is 30.3 Å². The van der Waals surface area contributed by atoms with Crippen LogP contribution >= 0.6 is 11.6 Å². The van der Waals surface area contributed by atoms with Gasteiger partial charge < -0.3 is 10.3 Å². The standard InChI is InChI=1S/C16H11ClN4/c17-12-4-3-5-13(8-12)19-10-11(9-18)16-20-14-6-1-2-7-15(14)21-16/h1-8,10,19H,(H,20,21)/b11-10-. The van der Waals surface area contributed by atoms with Crippen molar-refractivity contribution in [2.24, 2.45) is 0 Å². The van der Waals surface area contributed by atoms with Crippen LogP contribution in [0, 0.1) is 11.3 Å². The van der Waals surface area contributed by atoms with Crippen molar-refractivity contribution in [2.75, 3.05) is 5.32 Å². The summed E-state index contributed by atoms with van der Waals surface area (Å²) in [4.78, 5) is 7.53. The van der Waals surface area contributed by atoms with Crippen molar-refractivity contribution >= 4 is 33.9 Å². The highest BCUT2D eigenvalue weighted by atomic mass is 35.5. The number of benzene rings is 2. The van der Waals surface area contributed by atoms with Crippen LogP contribution in [0.2, 0.25) is 5.02 Å². The molecule has 0 saturated carbocycles. The predicted octanol–water partition coefficient (Wildman–Crippen LogP) is 4.19. The fourth-order valence-corrected chi connectivity index (χ4v) is 2.16. The smallest absolute Gasteiger partial charge is 0.150 e. The van der Waals surface area contributed by atoms with Crippen molar-refractivity contribution < 1.29 is 0 Å². The molecule has 2 N–H and O–H groups in total. The zero-order valence-electron chi connectivity index (χ0n) is 11.0. The molecule has 0 saturated heterocycles. The van der Waals surface area contributed by atoms with Gasteiger partial charge in [-0.15, -0.1) is 0 Å². The number of rotatable bonds is 3. The first-order chi connectivity index (χ1) is 10.3. The third-order valence-corrected chi connectivity index (χ3v) is 3.21. The number of nitrogens with zero attached hydrogens (tertiary/aromatic N) is 2. The molecule has 2 aromatic carbocycles. The number of nitriles is 1. The van der Waals surface area contributed by atoms with Crippen LogP contribution in [0.15, 0.2) is 54.7 Å². The second-order valence-corrected chi connectivity index (χ2v) is 4.86. The fraction of sp³-hybridized carbons (Fsp3) is 0. The minimum atomic E-state index is 0.422. The van der Waals surface area contributed by atoms with Gasteiger partial charge in [-0.25, -0.2) is 4.98 Å². The molecular formula is C16H11ClN4. The number of para-hydroxylation sites is 2. The second-order valence-electron chi connectivity index (χ2n) is 4.43. The summed E-state index contributed by atoms with van der Waals surface area (Å²) in [5.41, 5.74) is 2.96. The van der Waals surface area contributed by atoms with E-state index in [0.717, 1.165) is 16.7 Å². The topological polar surface area (TPSA) is 64.5 Å². The first-order valence-corrected chi connectivity index (χ1v) is 6.71. The van der Waals surface area contributed by atoms with Crippen LogP contribution in [0.5, 0.6) is 0 Å². The lowest BCUT2D eigenvalue weighted by atomic mass is 10.3. The molecule has 102 valence electrons. The molecule has 4 nitrogen and oxygen atoms in total. The first-order valence-electron chi connectivity index (χ1n) is 6.34. The third kappa shape index (κ3) is 2.88. The monoisotopic (exact) mass is 294 g/mol. The Balaban J connectivity index is 1.91. The second kappa shape index (κ2) is 5.70. The van der Waals surface area contributed by atoms with E-state index >= 15 is 0 Å². The summed E-state index contributed by atoms with van der Waals surface area (Å²) in [6.45, 7) is 0. The van der Waals surface area contributed by atoms with Gasteiger partial charge >= 0.3 is 0 Å². The molecule has 0 amide bonds.